The van der Waals surface area contributed by atoms with E-state index >= 15 is 0 Å². The lowest BCUT2D eigenvalue weighted by atomic mass is 10.1. The second-order valence-electron chi connectivity index (χ2n) is 7.12. The Kier molecular flexibility index (Phi) is 7.52. The van der Waals surface area contributed by atoms with Crippen molar-refractivity contribution in [3.63, 3.8) is 0 Å². The smallest absolute Gasteiger partial charge is 0.349 e. The highest BCUT2D eigenvalue weighted by Gasteiger charge is 2.17. The summed E-state index contributed by atoms with van der Waals surface area (Å²) in [7, 11) is 1.63. The number of hydrogen-bond acceptors (Lipinski definition) is 7. The molecule has 1 aliphatic rings. The number of aryl methyl sites for hydroxylation is 1. The second kappa shape index (κ2) is 10.5. The lowest BCUT2D eigenvalue weighted by molar-refractivity contribution is -0.142. The average molecular weight is 439 g/mol. The number of methoxy groups -OCH3 is 1. The number of benzene rings is 1. The molecule has 9 nitrogen and oxygen atoms in total. The van der Waals surface area contributed by atoms with Crippen LogP contribution in [0.4, 0.5) is 5.69 Å². The maximum absolute atomic E-state index is 12.3. The number of carbonyl (C=O) groups excluding carboxylic acids is 2. The monoisotopic (exact) mass is 439 g/mol. The van der Waals surface area contributed by atoms with E-state index < -0.39 is 18.5 Å². The molecule has 3 rings (SSSR count). The zero-order valence-corrected chi connectivity index (χ0v) is 18.3. The lowest BCUT2D eigenvalue weighted by Gasteiger charge is -2.19. The SMILES string of the molecule is COCCn1c(C)cc(/C=C(\C#N)C(=O)OCC(=O)Nc2ccc3c(c2)OCCO3)c1C. The number of amides is 1. The number of nitrogens with zero attached hydrogens (tertiary/aromatic N) is 2. The van der Waals surface area contributed by atoms with Gasteiger partial charge >= 0.3 is 5.97 Å². The van der Waals surface area contributed by atoms with Crippen molar-refractivity contribution in [2.75, 3.05) is 38.9 Å². The minimum absolute atomic E-state index is 0.191. The first-order valence-electron chi connectivity index (χ1n) is 10.1. The van der Waals surface area contributed by atoms with Crippen LogP contribution >= 0.6 is 0 Å². The summed E-state index contributed by atoms with van der Waals surface area (Å²) in [5, 5.41) is 12.0. The van der Waals surface area contributed by atoms with Gasteiger partial charge in [-0.1, -0.05) is 0 Å². The van der Waals surface area contributed by atoms with E-state index in [1.165, 1.54) is 6.08 Å². The molecule has 9 heteroatoms. The third-order valence-electron chi connectivity index (χ3n) is 4.93. The summed E-state index contributed by atoms with van der Waals surface area (Å²) >= 11 is 0. The molecule has 0 saturated heterocycles. The quantitative estimate of drug-likeness (QED) is 0.382. The van der Waals surface area contributed by atoms with Crippen LogP contribution in [0.1, 0.15) is 17.0 Å². The van der Waals surface area contributed by atoms with E-state index in [2.05, 4.69) is 5.32 Å². The number of anilines is 1. The van der Waals surface area contributed by atoms with Gasteiger partial charge in [0.25, 0.3) is 5.91 Å². The molecule has 0 fully saturated rings. The fraction of sp³-hybridized carbons (Fsp3) is 0.348. The molecule has 32 heavy (non-hydrogen) atoms. The van der Waals surface area contributed by atoms with Crippen molar-refractivity contribution in [2.24, 2.45) is 0 Å². The number of carbonyl (C=O) groups is 2. The molecule has 0 radical (unpaired) electrons. The molecule has 0 saturated carbocycles. The van der Waals surface area contributed by atoms with Gasteiger partial charge in [-0.15, -0.1) is 0 Å². The number of rotatable bonds is 8. The van der Waals surface area contributed by atoms with E-state index in [9.17, 15) is 14.9 Å². The maximum atomic E-state index is 12.3. The van der Waals surface area contributed by atoms with Crippen molar-refractivity contribution >= 4 is 23.6 Å². The minimum atomic E-state index is -0.869. The highest BCUT2D eigenvalue weighted by molar-refractivity contribution is 6.00. The van der Waals surface area contributed by atoms with Gasteiger partial charge in [0.2, 0.25) is 0 Å². The van der Waals surface area contributed by atoms with Gasteiger partial charge < -0.3 is 28.8 Å². The Hall–Kier alpha value is -3.77. The van der Waals surface area contributed by atoms with Crippen molar-refractivity contribution in [3.05, 3.63) is 46.8 Å². The van der Waals surface area contributed by atoms with Crippen molar-refractivity contribution in [1.29, 1.82) is 5.26 Å². The lowest BCUT2D eigenvalue weighted by Crippen LogP contribution is -2.21. The maximum Gasteiger partial charge on any atom is 0.349 e. The molecule has 0 unspecified atom stereocenters. The molecule has 0 aliphatic carbocycles. The minimum Gasteiger partial charge on any atom is -0.486 e. The Bertz CT molecular complexity index is 1080. The Labute approximate surface area is 186 Å². The molecular weight excluding hydrogens is 414 g/mol. The molecule has 0 spiro atoms. The largest absolute Gasteiger partial charge is 0.486 e. The molecule has 1 aromatic heterocycles. The summed E-state index contributed by atoms with van der Waals surface area (Å²) in [5.41, 5.74) is 2.90. The van der Waals surface area contributed by atoms with E-state index in [4.69, 9.17) is 18.9 Å². The third kappa shape index (κ3) is 5.47. The van der Waals surface area contributed by atoms with Crippen LogP contribution in [0.15, 0.2) is 29.8 Å². The van der Waals surface area contributed by atoms with Gasteiger partial charge in [-0.25, -0.2) is 4.79 Å². The number of esters is 1. The first-order valence-corrected chi connectivity index (χ1v) is 10.1. The van der Waals surface area contributed by atoms with Crippen LogP contribution in [0.3, 0.4) is 0 Å². The highest BCUT2D eigenvalue weighted by Crippen LogP contribution is 2.32. The van der Waals surface area contributed by atoms with Crippen LogP contribution in [0.2, 0.25) is 0 Å². The third-order valence-corrected chi connectivity index (χ3v) is 4.93. The fourth-order valence-electron chi connectivity index (χ4n) is 3.32. The van der Waals surface area contributed by atoms with Crippen LogP contribution < -0.4 is 14.8 Å². The van der Waals surface area contributed by atoms with E-state index in [0.717, 1.165) is 17.0 Å². The van der Waals surface area contributed by atoms with Crippen LogP contribution in [-0.2, 0) is 25.6 Å². The number of nitriles is 1. The van der Waals surface area contributed by atoms with Crippen molar-refractivity contribution < 1.29 is 28.5 Å². The summed E-state index contributed by atoms with van der Waals surface area (Å²) in [4.78, 5) is 24.5. The summed E-state index contributed by atoms with van der Waals surface area (Å²) in [5.74, 6) is -0.272. The first-order chi connectivity index (χ1) is 15.4. The Morgan fingerprint density at radius 1 is 1.22 bits per heavy atom. The van der Waals surface area contributed by atoms with Gasteiger partial charge in [0.1, 0.15) is 24.9 Å². The predicted octanol–water partition coefficient (Wildman–Crippen LogP) is 2.61. The molecule has 1 N–H and O–H groups in total. The van der Waals surface area contributed by atoms with Gasteiger partial charge in [-0.05, 0) is 43.7 Å². The van der Waals surface area contributed by atoms with Gasteiger partial charge in [-0.2, -0.15) is 5.26 Å². The molecule has 0 bridgehead atoms. The van der Waals surface area contributed by atoms with Crippen molar-refractivity contribution in [3.8, 4) is 17.6 Å². The van der Waals surface area contributed by atoms with Gasteiger partial charge in [-0.3, -0.25) is 4.79 Å². The van der Waals surface area contributed by atoms with Crippen molar-refractivity contribution in [2.45, 2.75) is 20.4 Å². The Morgan fingerprint density at radius 3 is 2.69 bits per heavy atom. The molecule has 0 atom stereocenters. The zero-order valence-electron chi connectivity index (χ0n) is 18.3. The van der Waals surface area contributed by atoms with Gasteiger partial charge in [0.05, 0.1) is 6.61 Å². The zero-order chi connectivity index (χ0) is 23.1. The van der Waals surface area contributed by atoms with Crippen molar-refractivity contribution in [1.82, 2.24) is 4.57 Å². The normalized spacial score (nSPS) is 12.8. The molecular formula is C23H25N3O6. The van der Waals surface area contributed by atoms with E-state index in [-0.39, 0.29) is 5.57 Å². The topological polar surface area (TPSA) is 112 Å². The van der Waals surface area contributed by atoms with Crippen LogP contribution in [0, 0.1) is 25.2 Å². The Morgan fingerprint density at radius 2 is 1.97 bits per heavy atom. The van der Waals surface area contributed by atoms with Crippen LogP contribution in [0.25, 0.3) is 6.08 Å². The molecule has 2 heterocycles. The highest BCUT2D eigenvalue weighted by atomic mass is 16.6. The number of nitrogens with one attached hydrogen (secondary N) is 1. The van der Waals surface area contributed by atoms with Gasteiger partial charge in [0.15, 0.2) is 18.1 Å². The van der Waals surface area contributed by atoms with Crippen LogP contribution in [-0.4, -0.2) is 50.0 Å². The Balaban J connectivity index is 1.61. The standard InChI is InChI=1S/C23H25N3O6/c1-15-10-17(16(2)26(15)6-7-29-3)11-18(13-24)23(28)32-14-22(27)25-19-4-5-20-21(12-19)31-9-8-30-20/h4-5,10-12H,6-9,14H2,1-3H3,(H,25,27)/b18-11+. The predicted molar refractivity (Wildman–Crippen MR) is 116 cm³/mol. The van der Waals surface area contributed by atoms with E-state index in [0.29, 0.717) is 43.6 Å². The first kappa shape index (κ1) is 22.9. The number of hydrogen-bond donors (Lipinski definition) is 1. The molecule has 1 aromatic carbocycles. The summed E-state index contributed by atoms with van der Waals surface area (Å²) in [6.45, 7) is 5.42. The van der Waals surface area contributed by atoms with E-state index in [1.807, 2.05) is 30.6 Å². The molecule has 1 aliphatic heterocycles. The van der Waals surface area contributed by atoms with Gasteiger partial charge in [0, 0.05) is 36.8 Å². The molecule has 1 amide bonds. The average Bonchev–Trinajstić information content (AvgIpc) is 3.06. The molecule has 2 aromatic rings. The summed E-state index contributed by atoms with van der Waals surface area (Å²) in [6.07, 6.45) is 1.46. The summed E-state index contributed by atoms with van der Waals surface area (Å²) in [6, 6.07) is 8.71. The fourth-order valence-corrected chi connectivity index (χ4v) is 3.32. The molecule has 168 valence electrons. The second-order valence-corrected chi connectivity index (χ2v) is 7.12. The summed E-state index contributed by atoms with van der Waals surface area (Å²) < 4.78 is 23.1. The van der Waals surface area contributed by atoms with E-state index in [1.54, 1.807) is 25.3 Å². The number of ether oxygens (including phenoxy) is 4. The number of aromatic nitrogens is 1. The number of fused-ring (bicyclic) bond motifs is 1. The van der Waals surface area contributed by atoms with Crippen LogP contribution in [0.5, 0.6) is 11.5 Å².